The van der Waals surface area contributed by atoms with Crippen LogP contribution >= 0.6 is 12.2 Å². The molecule has 4 nitrogen and oxygen atoms in total. The zero-order valence-electron chi connectivity index (χ0n) is 14.6. The third-order valence-corrected chi connectivity index (χ3v) is 4.20. The number of nitrogens with zero attached hydrogens (tertiary/aromatic N) is 1. The van der Waals surface area contributed by atoms with Crippen LogP contribution in [0.5, 0.6) is 0 Å². The van der Waals surface area contributed by atoms with E-state index in [9.17, 15) is 0 Å². The summed E-state index contributed by atoms with van der Waals surface area (Å²) in [5.41, 5.74) is 3.09. The first-order chi connectivity index (χ1) is 12.7. The topological polar surface area (TPSA) is 56.7 Å². The Morgan fingerprint density at radius 3 is 2.50 bits per heavy atom. The van der Waals surface area contributed by atoms with E-state index in [1.165, 1.54) is 0 Å². The summed E-state index contributed by atoms with van der Waals surface area (Å²) >= 11 is 5.22. The summed E-state index contributed by atoms with van der Waals surface area (Å²) in [4.78, 5) is 4.83. The van der Waals surface area contributed by atoms with Crippen LogP contribution in [0.1, 0.15) is 6.92 Å². The van der Waals surface area contributed by atoms with Crippen molar-refractivity contribution in [2.24, 2.45) is 4.99 Å². The molecule has 0 bridgehead atoms. The number of aliphatic hydroxyl groups is 1. The fraction of sp³-hybridized carbons (Fsp3) is 0.143. The van der Waals surface area contributed by atoms with Crippen LogP contribution in [-0.4, -0.2) is 29.2 Å². The van der Waals surface area contributed by atoms with Gasteiger partial charge in [0.2, 0.25) is 0 Å². The highest BCUT2D eigenvalue weighted by molar-refractivity contribution is 7.80. The van der Waals surface area contributed by atoms with Crippen LogP contribution in [0, 0.1) is 0 Å². The SMILES string of the molecule is C/C(=N\c1c(-c2ccccc2)ccc2ccccc12)NC(=S)NCCO. The minimum atomic E-state index is 0.0273. The highest BCUT2D eigenvalue weighted by Gasteiger charge is 2.09. The van der Waals surface area contributed by atoms with Crippen LogP contribution in [0.2, 0.25) is 0 Å². The first kappa shape index (κ1) is 18.0. The lowest BCUT2D eigenvalue weighted by Crippen LogP contribution is -2.39. The van der Waals surface area contributed by atoms with Crippen molar-refractivity contribution in [3.05, 3.63) is 66.7 Å². The Morgan fingerprint density at radius 2 is 1.73 bits per heavy atom. The molecule has 3 rings (SSSR count). The molecule has 0 radical (unpaired) electrons. The molecule has 0 aliphatic rings. The smallest absolute Gasteiger partial charge is 0.171 e. The number of nitrogens with one attached hydrogen (secondary N) is 2. The van der Waals surface area contributed by atoms with E-state index in [1.807, 2.05) is 37.3 Å². The van der Waals surface area contributed by atoms with Gasteiger partial charge >= 0.3 is 0 Å². The average molecular weight is 363 g/mol. The standard InChI is InChI=1S/C21H21N3OS/c1-15(24-21(26)22-13-14-25)23-20-18-10-6-5-9-17(18)11-12-19(20)16-7-3-2-4-8-16/h2-12,25H,13-14H2,1H3,(H2,22,23,24,26). The summed E-state index contributed by atoms with van der Waals surface area (Å²) in [5, 5.41) is 17.5. The van der Waals surface area contributed by atoms with Crippen molar-refractivity contribution in [1.82, 2.24) is 10.6 Å². The van der Waals surface area contributed by atoms with Crippen LogP contribution < -0.4 is 10.6 Å². The lowest BCUT2D eigenvalue weighted by atomic mass is 9.98. The zero-order chi connectivity index (χ0) is 18.4. The number of amidine groups is 1. The number of fused-ring (bicyclic) bond motifs is 1. The monoisotopic (exact) mass is 363 g/mol. The molecular weight excluding hydrogens is 342 g/mol. The van der Waals surface area contributed by atoms with Gasteiger partial charge in [-0.3, -0.25) is 0 Å². The molecule has 3 N–H and O–H groups in total. The predicted octanol–water partition coefficient (Wildman–Crippen LogP) is 4.01. The van der Waals surface area contributed by atoms with E-state index >= 15 is 0 Å². The molecular formula is C21H21N3OS. The van der Waals surface area contributed by atoms with Crippen molar-refractivity contribution in [2.45, 2.75) is 6.92 Å². The summed E-state index contributed by atoms with van der Waals surface area (Å²) in [6, 6.07) is 22.6. The maximum atomic E-state index is 8.89. The lowest BCUT2D eigenvalue weighted by Gasteiger charge is -2.13. The highest BCUT2D eigenvalue weighted by atomic mass is 32.1. The van der Waals surface area contributed by atoms with Crippen LogP contribution in [0.3, 0.4) is 0 Å². The van der Waals surface area contributed by atoms with Crippen LogP contribution in [-0.2, 0) is 0 Å². The second-order valence-electron chi connectivity index (χ2n) is 5.85. The molecule has 0 aliphatic heterocycles. The Labute approximate surface area is 158 Å². The summed E-state index contributed by atoms with van der Waals surface area (Å²) in [5.74, 6) is 0.689. The molecule has 0 aromatic heterocycles. The second kappa shape index (κ2) is 8.56. The Morgan fingerprint density at radius 1 is 1.00 bits per heavy atom. The molecule has 0 spiro atoms. The Bertz CT molecular complexity index is 938. The third kappa shape index (κ3) is 4.25. The predicted molar refractivity (Wildman–Crippen MR) is 113 cm³/mol. The van der Waals surface area contributed by atoms with Crippen molar-refractivity contribution in [3.63, 3.8) is 0 Å². The van der Waals surface area contributed by atoms with E-state index in [-0.39, 0.29) is 6.61 Å². The maximum Gasteiger partial charge on any atom is 0.171 e. The summed E-state index contributed by atoms with van der Waals surface area (Å²) in [7, 11) is 0. The normalized spacial score (nSPS) is 11.4. The van der Waals surface area contributed by atoms with Gasteiger partial charge in [-0.15, -0.1) is 0 Å². The van der Waals surface area contributed by atoms with Gasteiger partial charge in [0, 0.05) is 17.5 Å². The summed E-state index contributed by atoms with van der Waals surface area (Å²) in [6.07, 6.45) is 0. The van der Waals surface area contributed by atoms with Gasteiger partial charge in [-0.05, 0) is 30.1 Å². The molecule has 0 saturated carbocycles. The van der Waals surface area contributed by atoms with Crippen LogP contribution in [0.15, 0.2) is 71.7 Å². The maximum absolute atomic E-state index is 8.89. The van der Waals surface area contributed by atoms with Gasteiger partial charge < -0.3 is 15.7 Å². The van der Waals surface area contributed by atoms with Gasteiger partial charge in [-0.1, -0.05) is 66.7 Å². The van der Waals surface area contributed by atoms with Crippen LogP contribution in [0.25, 0.3) is 21.9 Å². The Balaban J connectivity index is 2.04. The van der Waals surface area contributed by atoms with Crippen molar-refractivity contribution in [1.29, 1.82) is 0 Å². The summed E-state index contributed by atoms with van der Waals surface area (Å²) in [6.45, 7) is 2.31. The number of aliphatic imine (C=N–C) groups is 1. The fourth-order valence-corrected chi connectivity index (χ4v) is 3.05. The molecule has 0 unspecified atom stereocenters. The molecule has 132 valence electrons. The molecule has 0 aliphatic carbocycles. The van der Waals surface area contributed by atoms with Crippen molar-refractivity contribution < 1.29 is 5.11 Å². The molecule has 0 atom stereocenters. The lowest BCUT2D eigenvalue weighted by molar-refractivity contribution is 0.300. The average Bonchev–Trinajstić information content (AvgIpc) is 2.67. The minimum absolute atomic E-state index is 0.0273. The van der Waals surface area contributed by atoms with Gasteiger partial charge in [0.15, 0.2) is 5.11 Å². The van der Waals surface area contributed by atoms with Crippen molar-refractivity contribution in [3.8, 4) is 11.1 Å². The number of benzene rings is 3. The molecule has 3 aromatic carbocycles. The van der Waals surface area contributed by atoms with Gasteiger partial charge in [-0.25, -0.2) is 4.99 Å². The molecule has 3 aromatic rings. The number of hydrogen-bond donors (Lipinski definition) is 3. The molecule has 0 amide bonds. The minimum Gasteiger partial charge on any atom is -0.395 e. The Kier molecular flexibility index (Phi) is 5.94. The second-order valence-corrected chi connectivity index (χ2v) is 6.26. The van der Waals surface area contributed by atoms with E-state index in [2.05, 4.69) is 47.0 Å². The molecule has 0 fully saturated rings. The van der Waals surface area contributed by atoms with E-state index in [0.717, 1.165) is 27.6 Å². The van der Waals surface area contributed by atoms with Crippen molar-refractivity contribution in [2.75, 3.05) is 13.2 Å². The quantitative estimate of drug-likeness (QED) is 0.372. The Hall–Kier alpha value is -2.76. The number of thiocarbonyl (C=S) groups is 1. The van der Waals surface area contributed by atoms with E-state index in [1.54, 1.807) is 0 Å². The number of aliphatic hydroxyl groups excluding tert-OH is 1. The number of hydrogen-bond acceptors (Lipinski definition) is 3. The molecule has 26 heavy (non-hydrogen) atoms. The van der Waals surface area contributed by atoms with Crippen LogP contribution in [0.4, 0.5) is 5.69 Å². The largest absolute Gasteiger partial charge is 0.395 e. The summed E-state index contributed by atoms with van der Waals surface area (Å²) < 4.78 is 0. The van der Waals surface area contributed by atoms with Crippen molar-refractivity contribution >= 4 is 39.6 Å². The van der Waals surface area contributed by atoms with Gasteiger partial charge in [0.25, 0.3) is 0 Å². The van der Waals surface area contributed by atoms with E-state index in [4.69, 9.17) is 22.3 Å². The molecule has 0 saturated heterocycles. The van der Waals surface area contributed by atoms with E-state index in [0.29, 0.717) is 17.5 Å². The zero-order valence-corrected chi connectivity index (χ0v) is 15.4. The first-order valence-electron chi connectivity index (χ1n) is 8.47. The fourth-order valence-electron chi connectivity index (χ4n) is 2.80. The molecule has 0 heterocycles. The van der Waals surface area contributed by atoms with Gasteiger partial charge in [-0.2, -0.15) is 0 Å². The van der Waals surface area contributed by atoms with Gasteiger partial charge in [0.05, 0.1) is 12.3 Å². The number of rotatable bonds is 4. The highest BCUT2D eigenvalue weighted by Crippen LogP contribution is 2.37. The van der Waals surface area contributed by atoms with Gasteiger partial charge in [0.1, 0.15) is 5.84 Å². The third-order valence-electron chi connectivity index (χ3n) is 3.96. The first-order valence-corrected chi connectivity index (χ1v) is 8.88. The van der Waals surface area contributed by atoms with E-state index < -0.39 is 0 Å². The molecule has 5 heteroatoms.